The van der Waals surface area contributed by atoms with Gasteiger partial charge < -0.3 is 10.1 Å². The van der Waals surface area contributed by atoms with Gasteiger partial charge in [-0.1, -0.05) is 12.1 Å². The molecule has 1 aromatic carbocycles. The monoisotopic (exact) mass is 245 g/mol. The predicted octanol–water partition coefficient (Wildman–Crippen LogP) is 1.56. The second-order valence-electron chi connectivity index (χ2n) is 4.32. The predicted molar refractivity (Wildman–Crippen MR) is 70.4 cm³/mol. The highest BCUT2D eigenvalue weighted by atomic mass is 16.5. The molecule has 1 fully saturated rings. The van der Waals surface area contributed by atoms with E-state index in [9.17, 15) is 5.26 Å². The number of ether oxygens (including phenoxy) is 1. The van der Waals surface area contributed by atoms with Crippen molar-refractivity contribution in [3.63, 3.8) is 0 Å². The highest BCUT2D eigenvalue weighted by molar-refractivity contribution is 5.33. The summed E-state index contributed by atoms with van der Waals surface area (Å²) >= 11 is 0. The molecule has 1 saturated heterocycles. The molecule has 4 nitrogen and oxygen atoms in total. The molecule has 1 atom stereocenters. The third-order valence-corrected chi connectivity index (χ3v) is 3.12. The van der Waals surface area contributed by atoms with Crippen molar-refractivity contribution in [2.45, 2.75) is 13.0 Å². The van der Waals surface area contributed by atoms with Gasteiger partial charge in [0.2, 0.25) is 0 Å². The van der Waals surface area contributed by atoms with Crippen molar-refractivity contribution in [2.75, 3.05) is 32.8 Å². The summed E-state index contributed by atoms with van der Waals surface area (Å²) in [7, 11) is 0. The minimum atomic E-state index is -0.174. The number of nitriles is 1. The zero-order valence-electron chi connectivity index (χ0n) is 10.7. The van der Waals surface area contributed by atoms with E-state index < -0.39 is 0 Å². The van der Waals surface area contributed by atoms with Crippen LogP contribution in [-0.4, -0.2) is 37.7 Å². The Labute approximate surface area is 108 Å². The van der Waals surface area contributed by atoms with Crippen LogP contribution in [0.15, 0.2) is 24.3 Å². The van der Waals surface area contributed by atoms with Gasteiger partial charge in [0.15, 0.2) is 0 Å². The Morgan fingerprint density at radius 3 is 2.89 bits per heavy atom. The molecule has 1 N–H and O–H groups in total. The van der Waals surface area contributed by atoms with Crippen LogP contribution in [0.4, 0.5) is 0 Å². The molecule has 0 spiro atoms. The Kier molecular flexibility index (Phi) is 4.57. The molecule has 18 heavy (non-hydrogen) atoms. The van der Waals surface area contributed by atoms with E-state index in [-0.39, 0.29) is 6.04 Å². The molecule has 2 rings (SSSR count). The van der Waals surface area contributed by atoms with Crippen molar-refractivity contribution in [2.24, 2.45) is 0 Å². The number of benzene rings is 1. The van der Waals surface area contributed by atoms with E-state index >= 15 is 0 Å². The summed E-state index contributed by atoms with van der Waals surface area (Å²) in [5.41, 5.74) is 1.02. The van der Waals surface area contributed by atoms with Crippen molar-refractivity contribution >= 4 is 0 Å². The first kappa shape index (κ1) is 12.9. The summed E-state index contributed by atoms with van der Waals surface area (Å²) in [5, 5.41) is 12.7. The van der Waals surface area contributed by atoms with E-state index in [2.05, 4.69) is 16.3 Å². The lowest BCUT2D eigenvalue weighted by atomic mass is 10.1. The van der Waals surface area contributed by atoms with Crippen LogP contribution in [-0.2, 0) is 0 Å². The summed E-state index contributed by atoms with van der Waals surface area (Å²) in [6.45, 7) is 6.33. The standard InChI is InChI=1S/C14H19N3O/c1-2-18-13-5-3-4-12(10-13)14(11-15)17-8-6-16-7-9-17/h3-5,10,14,16H,2,6-9H2,1H3. The van der Waals surface area contributed by atoms with Crippen LogP contribution in [0.1, 0.15) is 18.5 Å². The zero-order chi connectivity index (χ0) is 12.8. The Morgan fingerprint density at radius 2 is 2.22 bits per heavy atom. The van der Waals surface area contributed by atoms with Gasteiger partial charge >= 0.3 is 0 Å². The van der Waals surface area contributed by atoms with Crippen molar-refractivity contribution in [3.05, 3.63) is 29.8 Å². The fourth-order valence-corrected chi connectivity index (χ4v) is 2.25. The molecular weight excluding hydrogens is 226 g/mol. The van der Waals surface area contributed by atoms with Gasteiger partial charge in [-0.25, -0.2) is 0 Å². The summed E-state index contributed by atoms with van der Waals surface area (Å²) in [6.07, 6.45) is 0. The fourth-order valence-electron chi connectivity index (χ4n) is 2.25. The van der Waals surface area contributed by atoms with Crippen LogP contribution in [0.25, 0.3) is 0 Å². The molecule has 96 valence electrons. The van der Waals surface area contributed by atoms with Gasteiger partial charge in [-0.15, -0.1) is 0 Å². The third-order valence-electron chi connectivity index (χ3n) is 3.12. The number of hydrogen-bond acceptors (Lipinski definition) is 4. The lowest BCUT2D eigenvalue weighted by Gasteiger charge is -2.31. The number of hydrogen-bond donors (Lipinski definition) is 1. The molecule has 1 aromatic rings. The molecule has 0 aromatic heterocycles. The summed E-state index contributed by atoms with van der Waals surface area (Å²) in [5.74, 6) is 0.838. The highest BCUT2D eigenvalue weighted by Gasteiger charge is 2.21. The number of nitrogens with zero attached hydrogens (tertiary/aromatic N) is 2. The molecule has 0 bridgehead atoms. The third kappa shape index (κ3) is 3.00. The van der Waals surface area contributed by atoms with E-state index in [0.29, 0.717) is 6.61 Å². The SMILES string of the molecule is CCOc1cccc(C(C#N)N2CCNCC2)c1. The van der Waals surface area contributed by atoms with Gasteiger partial charge in [0.1, 0.15) is 11.8 Å². The first-order valence-electron chi connectivity index (χ1n) is 6.42. The Bertz CT molecular complexity index is 421. The molecule has 1 aliphatic heterocycles. The smallest absolute Gasteiger partial charge is 0.124 e. The molecule has 1 unspecified atom stereocenters. The van der Waals surface area contributed by atoms with Crippen LogP contribution in [0.5, 0.6) is 5.75 Å². The van der Waals surface area contributed by atoms with Gasteiger partial charge in [-0.3, -0.25) is 4.90 Å². The maximum atomic E-state index is 9.40. The maximum absolute atomic E-state index is 9.40. The Morgan fingerprint density at radius 1 is 1.44 bits per heavy atom. The molecule has 1 aliphatic rings. The van der Waals surface area contributed by atoms with Crippen LogP contribution < -0.4 is 10.1 Å². The molecular formula is C14H19N3O. The first-order valence-corrected chi connectivity index (χ1v) is 6.42. The molecule has 0 saturated carbocycles. The number of rotatable bonds is 4. The summed E-state index contributed by atoms with van der Waals surface area (Å²) in [4.78, 5) is 2.21. The largest absolute Gasteiger partial charge is 0.494 e. The Hall–Kier alpha value is -1.57. The van der Waals surface area contributed by atoms with Crippen molar-refractivity contribution < 1.29 is 4.74 Å². The molecule has 0 amide bonds. The first-order chi connectivity index (χ1) is 8.85. The van der Waals surface area contributed by atoms with E-state index in [4.69, 9.17) is 4.74 Å². The lowest BCUT2D eigenvalue weighted by molar-refractivity contribution is 0.207. The van der Waals surface area contributed by atoms with Crippen molar-refractivity contribution in [1.82, 2.24) is 10.2 Å². The van der Waals surface area contributed by atoms with Crippen LogP contribution >= 0.6 is 0 Å². The minimum Gasteiger partial charge on any atom is -0.494 e. The fraction of sp³-hybridized carbons (Fsp3) is 0.500. The lowest BCUT2D eigenvalue weighted by Crippen LogP contribution is -2.44. The Balaban J connectivity index is 2.16. The van der Waals surface area contributed by atoms with Gasteiger partial charge in [0.25, 0.3) is 0 Å². The molecule has 1 heterocycles. The average Bonchev–Trinajstić information content (AvgIpc) is 2.42. The number of nitrogens with one attached hydrogen (secondary N) is 1. The normalized spacial score (nSPS) is 18.0. The van der Waals surface area contributed by atoms with E-state index in [1.807, 2.05) is 31.2 Å². The second kappa shape index (κ2) is 6.39. The van der Waals surface area contributed by atoms with Crippen molar-refractivity contribution in [1.29, 1.82) is 5.26 Å². The quantitative estimate of drug-likeness (QED) is 0.874. The van der Waals surface area contributed by atoms with E-state index in [1.54, 1.807) is 0 Å². The molecule has 0 radical (unpaired) electrons. The number of piperazine rings is 1. The van der Waals surface area contributed by atoms with Crippen LogP contribution in [0.2, 0.25) is 0 Å². The average molecular weight is 245 g/mol. The summed E-state index contributed by atoms with van der Waals surface area (Å²) < 4.78 is 5.49. The van der Waals surface area contributed by atoms with Crippen LogP contribution in [0.3, 0.4) is 0 Å². The zero-order valence-corrected chi connectivity index (χ0v) is 10.7. The van der Waals surface area contributed by atoms with Gasteiger partial charge in [0, 0.05) is 26.2 Å². The maximum Gasteiger partial charge on any atom is 0.124 e. The molecule has 4 heteroatoms. The van der Waals surface area contributed by atoms with Crippen molar-refractivity contribution in [3.8, 4) is 11.8 Å². The summed E-state index contributed by atoms with van der Waals surface area (Å²) in [6, 6.07) is 10.1. The van der Waals surface area contributed by atoms with E-state index in [1.165, 1.54) is 0 Å². The minimum absolute atomic E-state index is 0.174. The van der Waals surface area contributed by atoms with Gasteiger partial charge in [-0.2, -0.15) is 5.26 Å². The highest BCUT2D eigenvalue weighted by Crippen LogP contribution is 2.24. The molecule has 0 aliphatic carbocycles. The van der Waals surface area contributed by atoms with Gasteiger partial charge in [-0.05, 0) is 24.6 Å². The van der Waals surface area contributed by atoms with Crippen LogP contribution in [0, 0.1) is 11.3 Å². The topological polar surface area (TPSA) is 48.3 Å². The second-order valence-corrected chi connectivity index (χ2v) is 4.32. The van der Waals surface area contributed by atoms with Gasteiger partial charge in [0.05, 0.1) is 12.7 Å². The van der Waals surface area contributed by atoms with E-state index in [0.717, 1.165) is 37.5 Å².